The van der Waals surface area contributed by atoms with Crippen LogP contribution in [0.15, 0.2) is 0 Å². The molecular formula is C5H13NO3. The molecule has 0 aliphatic heterocycles. The Kier molecular flexibility index (Phi) is 3.72. The maximum Gasteiger partial charge on any atom is 0.107 e. The lowest BCUT2D eigenvalue weighted by molar-refractivity contribution is -0.0474. The van der Waals surface area contributed by atoms with Crippen molar-refractivity contribution in [1.82, 2.24) is 0 Å². The summed E-state index contributed by atoms with van der Waals surface area (Å²) in [4.78, 5) is 0. The van der Waals surface area contributed by atoms with Crippen LogP contribution in [0.4, 0.5) is 0 Å². The van der Waals surface area contributed by atoms with Crippen molar-refractivity contribution in [1.29, 1.82) is 0 Å². The van der Waals surface area contributed by atoms with E-state index in [1.807, 2.05) is 0 Å². The zero-order valence-corrected chi connectivity index (χ0v) is 5.36. The molecule has 9 heavy (non-hydrogen) atoms. The standard InChI is InChI=1S/C5H13NO3/c1-3(7)5(9)4(8)2-6/h3-5,7-9H,2,6H2,1H3/t3-,4-,5-/m0/s1. The van der Waals surface area contributed by atoms with Gasteiger partial charge in [-0.25, -0.2) is 0 Å². The van der Waals surface area contributed by atoms with Crippen LogP contribution >= 0.6 is 0 Å². The molecule has 0 aromatic carbocycles. The van der Waals surface area contributed by atoms with Crippen molar-refractivity contribution in [3.63, 3.8) is 0 Å². The summed E-state index contributed by atoms with van der Waals surface area (Å²) < 4.78 is 0. The zero-order valence-electron chi connectivity index (χ0n) is 5.36. The SMILES string of the molecule is C[C@H](O)[C@H](O)[C@@H](O)CN. The van der Waals surface area contributed by atoms with Crippen molar-refractivity contribution < 1.29 is 15.3 Å². The highest BCUT2D eigenvalue weighted by Gasteiger charge is 2.18. The van der Waals surface area contributed by atoms with E-state index in [2.05, 4.69) is 0 Å². The van der Waals surface area contributed by atoms with Gasteiger partial charge in [0.25, 0.3) is 0 Å². The maximum absolute atomic E-state index is 8.81. The van der Waals surface area contributed by atoms with Gasteiger partial charge in [-0.15, -0.1) is 0 Å². The number of hydrogen-bond donors (Lipinski definition) is 4. The molecule has 0 saturated carbocycles. The van der Waals surface area contributed by atoms with E-state index in [1.165, 1.54) is 6.92 Å². The molecule has 0 aliphatic rings. The van der Waals surface area contributed by atoms with Gasteiger partial charge in [0, 0.05) is 6.54 Å². The molecule has 0 aromatic rings. The first kappa shape index (κ1) is 8.84. The van der Waals surface area contributed by atoms with Crippen molar-refractivity contribution in [2.45, 2.75) is 25.2 Å². The van der Waals surface area contributed by atoms with Gasteiger partial charge < -0.3 is 21.1 Å². The summed E-state index contributed by atoms with van der Waals surface area (Å²) in [5, 5.41) is 26.2. The number of hydrogen-bond acceptors (Lipinski definition) is 4. The minimum Gasteiger partial charge on any atom is -0.391 e. The number of rotatable bonds is 3. The Morgan fingerprint density at radius 2 is 1.78 bits per heavy atom. The summed E-state index contributed by atoms with van der Waals surface area (Å²) in [6, 6.07) is 0. The maximum atomic E-state index is 8.81. The van der Waals surface area contributed by atoms with E-state index in [9.17, 15) is 0 Å². The molecule has 0 aromatic heterocycles. The van der Waals surface area contributed by atoms with Crippen molar-refractivity contribution in [2.75, 3.05) is 6.54 Å². The van der Waals surface area contributed by atoms with Crippen molar-refractivity contribution in [2.24, 2.45) is 5.73 Å². The molecule has 0 spiro atoms. The summed E-state index contributed by atoms with van der Waals surface area (Å²) in [6.07, 6.45) is -3.08. The second-order valence-electron chi connectivity index (χ2n) is 2.03. The van der Waals surface area contributed by atoms with E-state index in [4.69, 9.17) is 21.1 Å². The molecule has 0 radical (unpaired) electrons. The summed E-state index contributed by atoms with van der Waals surface area (Å²) in [7, 11) is 0. The van der Waals surface area contributed by atoms with Crippen LogP contribution in [0.1, 0.15) is 6.92 Å². The monoisotopic (exact) mass is 135 g/mol. The fourth-order valence-corrected chi connectivity index (χ4v) is 0.461. The second-order valence-corrected chi connectivity index (χ2v) is 2.03. The molecule has 0 heterocycles. The average molecular weight is 135 g/mol. The third kappa shape index (κ3) is 2.76. The fourth-order valence-electron chi connectivity index (χ4n) is 0.461. The predicted molar refractivity (Wildman–Crippen MR) is 32.7 cm³/mol. The van der Waals surface area contributed by atoms with Gasteiger partial charge in [0.2, 0.25) is 0 Å². The van der Waals surface area contributed by atoms with Crippen LogP contribution in [0.3, 0.4) is 0 Å². The third-order valence-corrected chi connectivity index (χ3v) is 1.13. The Balaban J connectivity index is 3.58. The Labute approximate surface area is 53.9 Å². The van der Waals surface area contributed by atoms with Gasteiger partial charge in [0.05, 0.1) is 12.2 Å². The molecule has 56 valence electrons. The van der Waals surface area contributed by atoms with Gasteiger partial charge in [0.1, 0.15) is 6.10 Å². The first-order chi connectivity index (χ1) is 4.09. The number of nitrogens with two attached hydrogens (primary N) is 1. The smallest absolute Gasteiger partial charge is 0.107 e. The summed E-state index contributed by atoms with van der Waals surface area (Å²) >= 11 is 0. The molecular weight excluding hydrogens is 122 g/mol. The highest BCUT2D eigenvalue weighted by molar-refractivity contribution is 4.71. The average Bonchev–Trinajstić information content (AvgIpc) is 1.84. The molecule has 0 unspecified atom stereocenters. The number of aliphatic hydroxyl groups is 3. The summed E-state index contributed by atoms with van der Waals surface area (Å²) in [5.74, 6) is 0. The second kappa shape index (κ2) is 3.79. The normalized spacial score (nSPS) is 21.0. The Bertz CT molecular complexity index is 76.6. The molecule has 3 atom stereocenters. The van der Waals surface area contributed by atoms with E-state index in [0.29, 0.717) is 0 Å². The largest absolute Gasteiger partial charge is 0.391 e. The third-order valence-electron chi connectivity index (χ3n) is 1.13. The van der Waals surface area contributed by atoms with E-state index in [-0.39, 0.29) is 6.54 Å². The van der Waals surface area contributed by atoms with E-state index < -0.39 is 18.3 Å². The van der Waals surface area contributed by atoms with Gasteiger partial charge in [-0.3, -0.25) is 0 Å². The molecule has 5 N–H and O–H groups in total. The van der Waals surface area contributed by atoms with Crippen LogP contribution in [0.25, 0.3) is 0 Å². The van der Waals surface area contributed by atoms with Crippen LogP contribution in [0.2, 0.25) is 0 Å². The summed E-state index contributed by atoms with van der Waals surface area (Å²) in [5.41, 5.74) is 4.99. The first-order valence-electron chi connectivity index (χ1n) is 2.84. The lowest BCUT2D eigenvalue weighted by Gasteiger charge is -2.17. The van der Waals surface area contributed by atoms with E-state index in [0.717, 1.165) is 0 Å². The first-order valence-corrected chi connectivity index (χ1v) is 2.84. The lowest BCUT2D eigenvalue weighted by atomic mass is 10.1. The van der Waals surface area contributed by atoms with E-state index in [1.54, 1.807) is 0 Å². The van der Waals surface area contributed by atoms with Gasteiger partial charge >= 0.3 is 0 Å². The molecule has 0 rings (SSSR count). The minimum atomic E-state index is -1.13. The Morgan fingerprint density at radius 1 is 1.33 bits per heavy atom. The van der Waals surface area contributed by atoms with E-state index >= 15 is 0 Å². The highest BCUT2D eigenvalue weighted by Crippen LogP contribution is 1.96. The van der Waals surface area contributed by atoms with Crippen LogP contribution in [-0.4, -0.2) is 40.2 Å². The zero-order chi connectivity index (χ0) is 7.44. The van der Waals surface area contributed by atoms with Gasteiger partial charge in [-0.05, 0) is 6.92 Å². The van der Waals surface area contributed by atoms with Crippen molar-refractivity contribution in [3.05, 3.63) is 0 Å². The fraction of sp³-hybridized carbons (Fsp3) is 1.00. The molecule has 0 amide bonds. The number of aliphatic hydroxyl groups excluding tert-OH is 3. The quantitative estimate of drug-likeness (QED) is 0.362. The van der Waals surface area contributed by atoms with Gasteiger partial charge in [-0.1, -0.05) is 0 Å². The van der Waals surface area contributed by atoms with Gasteiger partial charge in [0.15, 0.2) is 0 Å². The van der Waals surface area contributed by atoms with Crippen LogP contribution in [0, 0.1) is 0 Å². The van der Waals surface area contributed by atoms with Crippen molar-refractivity contribution in [3.8, 4) is 0 Å². The highest BCUT2D eigenvalue weighted by atomic mass is 16.4. The molecule has 0 fully saturated rings. The molecule has 4 heteroatoms. The van der Waals surface area contributed by atoms with Crippen LogP contribution in [0.5, 0.6) is 0 Å². The molecule has 0 bridgehead atoms. The molecule has 0 aliphatic carbocycles. The minimum absolute atomic E-state index is 0.0356. The summed E-state index contributed by atoms with van der Waals surface area (Å²) in [6.45, 7) is 1.36. The molecule has 4 nitrogen and oxygen atoms in total. The van der Waals surface area contributed by atoms with Crippen molar-refractivity contribution >= 4 is 0 Å². The molecule has 0 saturated heterocycles. The van der Waals surface area contributed by atoms with Gasteiger partial charge in [-0.2, -0.15) is 0 Å². The van der Waals surface area contributed by atoms with Crippen LogP contribution < -0.4 is 5.73 Å². The van der Waals surface area contributed by atoms with Crippen LogP contribution in [-0.2, 0) is 0 Å². The topological polar surface area (TPSA) is 86.7 Å². The Morgan fingerprint density at radius 3 is 1.89 bits per heavy atom. The lowest BCUT2D eigenvalue weighted by Crippen LogP contribution is -2.40. The predicted octanol–water partition coefficient (Wildman–Crippen LogP) is -1.95. The Hall–Kier alpha value is -0.160.